The fourth-order valence-electron chi connectivity index (χ4n) is 4.47. The number of rotatable bonds is 1. The van der Waals surface area contributed by atoms with Crippen LogP contribution in [0.15, 0.2) is 24.3 Å². The number of hydrogen-bond acceptors (Lipinski definition) is 2. The van der Waals surface area contributed by atoms with Gasteiger partial charge in [-0.3, -0.25) is 0 Å². The van der Waals surface area contributed by atoms with Crippen molar-refractivity contribution in [1.82, 2.24) is 0 Å². The molecule has 0 atom stereocenters. The van der Waals surface area contributed by atoms with Gasteiger partial charge in [0.15, 0.2) is 0 Å². The average Bonchev–Trinajstić information content (AvgIpc) is 2.57. The monoisotopic (exact) mass is 482 g/mol. The predicted molar refractivity (Wildman–Crippen MR) is 154 cm³/mol. The second-order valence-electron chi connectivity index (χ2n) is 15.0. The molecule has 2 aromatic rings. The molecule has 2 heteroatoms. The summed E-state index contributed by atoms with van der Waals surface area (Å²) in [6.45, 7) is 35.0. The van der Waals surface area contributed by atoms with Crippen molar-refractivity contribution in [2.75, 3.05) is 0 Å². The number of aryl methyl sites for hydroxylation is 2. The second kappa shape index (κ2) is 9.83. The molecular weight excluding hydrogens is 428 g/mol. The molecular formula is C33H54O2. The Morgan fingerprint density at radius 3 is 1.00 bits per heavy atom. The van der Waals surface area contributed by atoms with Crippen molar-refractivity contribution in [3.8, 4) is 11.5 Å². The first-order valence-corrected chi connectivity index (χ1v) is 13.0. The lowest BCUT2D eigenvalue weighted by Gasteiger charge is -2.41. The third kappa shape index (κ3) is 7.28. The third-order valence-corrected chi connectivity index (χ3v) is 7.66. The van der Waals surface area contributed by atoms with Crippen molar-refractivity contribution >= 4 is 0 Å². The summed E-state index contributed by atoms with van der Waals surface area (Å²) in [4.78, 5) is 0. The van der Waals surface area contributed by atoms with E-state index < -0.39 is 0 Å². The Morgan fingerprint density at radius 2 is 0.714 bits per heavy atom. The summed E-state index contributed by atoms with van der Waals surface area (Å²) >= 11 is 0. The first-order chi connectivity index (χ1) is 15.3. The maximum atomic E-state index is 10.2. The maximum absolute atomic E-state index is 10.2. The summed E-state index contributed by atoms with van der Waals surface area (Å²) in [6, 6.07) is 8.17. The van der Waals surface area contributed by atoms with Crippen LogP contribution in [-0.4, -0.2) is 10.2 Å². The van der Waals surface area contributed by atoms with E-state index in [2.05, 4.69) is 123 Å². The Morgan fingerprint density at radius 1 is 0.429 bits per heavy atom. The lowest BCUT2D eigenvalue weighted by atomic mass is 9.63. The van der Waals surface area contributed by atoms with E-state index >= 15 is 0 Å². The minimum atomic E-state index is -0.0412. The quantitative estimate of drug-likeness (QED) is 0.425. The molecule has 0 aliphatic heterocycles. The summed E-state index contributed by atoms with van der Waals surface area (Å²) in [6.07, 6.45) is 0. The van der Waals surface area contributed by atoms with E-state index in [0.717, 1.165) is 16.7 Å². The summed E-state index contributed by atoms with van der Waals surface area (Å²) < 4.78 is 0. The first kappa shape index (κ1) is 31.1. The van der Waals surface area contributed by atoms with Gasteiger partial charge in [-0.1, -0.05) is 109 Å². The molecule has 198 valence electrons. The molecule has 0 fully saturated rings. The Balaban J connectivity index is 0.000000355. The van der Waals surface area contributed by atoms with Crippen molar-refractivity contribution in [3.05, 3.63) is 57.6 Å². The maximum Gasteiger partial charge on any atom is 0.119 e. The number of hydrogen-bond donors (Lipinski definition) is 2. The van der Waals surface area contributed by atoms with E-state index in [-0.39, 0.29) is 27.1 Å². The fourth-order valence-corrected chi connectivity index (χ4v) is 4.47. The van der Waals surface area contributed by atoms with Crippen LogP contribution in [0.25, 0.3) is 0 Å². The van der Waals surface area contributed by atoms with E-state index in [1.165, 1.54) is 16.7 Å². The van der Waals surface area contributed by atoms with Crippen LogP contribution in [0.3, 0.4) is 0 Å². The number of aromatic hydroxyl groups is 2. The van der Waals surface area contributed by atoms with Crippen LogP contribution < -0.4 is 0 Å². The van der Waals surface area contributed by atoms with Gasteiger partial charge in [0.05, 0.1) is 0 Å². The van der Waals surface area contributed by atoms with Crippen molar-refractivity contribution in [3.63, 3.8) is 0 Å². The average molecular weight is 483 g/mol. The molecule has 0 saturated heterocycles. The number of phenolic OH excluding ortho intramolecular Hbond substituents is 2. The van der Waals surface area contributed by atoms with Crippen molar-refractivity contribution < 1.29 is 10.2 Å². The summed E-state index contributed by atoms with van der Waals surface area (Å²) in [5, 5.41) is 20.2. The molecule has 2 nitrogen and oxygen atoms in total. The Bertz CT molecular complexity index is 992. The van der Waals surface area contributed by atoms with Gasteiger partial charge in [-0.2, -0.15) is 0 Å². The van der Waals surface area contributed by atoms with Crippen LogP contribution in [0.2, 0.25) is 0 Å². The Labute approximate surface area is 217 Å². The minimum absolute atomic E-state index is 0.0161. The van der Waals surface area contributed by atoms with E-state index in [1.807, 2.05) is 12.1 Å². The molecule has 0 amide bonds. The summed E-state index contributed by atoms with van der Waals surface area (Å²) in [7, 11) is 0. The third-order valence-electron chi connectivity index (χ3n) is 7.66. The van der Waals surface area contributed by atoms with Crippen LogP contribution in [-0.2, 0) is 21.7 Å². The molecule has 0 saturated carbocycles. The zero-order chi connectivity index (χ0) is 27.9. The lowest BCUT2D eigenvalue weighted by molar-refractivity contribution is 0.224. The molecule has 0 aliphatic carbocycles. The highest BCUT2D eigenvalue weighted by atomic mass is 16.3. The van der Waals surface area contributed by atoms with E-state index in [9.17, 15) is 10.2 Å². The molecule has 0 aromatic heterocycles. The minimum Gasteiger partial charge on any atom is -0.508 e. The van der Waals surface area contributed by atoms with Gasteiger partial charge < -0.3 is 10.2 Å². The molecule has 0 unspecified atom stereocenters. The topological polar surface area (TPSA) is 40.5 Å². The van der Waals surface area contributed by atoms with E-state index in [1.54, 1.807) is 0 Å². The largest absolute Gasteiger partial charge is 0.508 e. The molecule has 2 rings (SSSR count). The highest BCUT2D eigenvalue weighted by Gasteiger charge is 2.36. The van der Waals surface area contributed by atoms with Gasteiger partial charge >= 0.3 is 0 Å². The second-order valence-corrected chi connectivity index (χ2v) is 15.0. The summed E-state index contributed by atoms with van der Waals surface area (Å²) in [5.41, 5.74) is 7.35. The molecule has 0 spiro atoms. The highest BCUT2D eigenvalue weighted by molar-refractivity contribution is 5.48. The Kier molecular flexibility index (Phi) is 8.73. The van der Waals surface area contributed by atoms with Gasteiger partial charge in [0, 0.05) is 0 Å². The molecule has 2 aromatic carbocycles. The van der Waals surface area contributed by atoms with Gasteiger partial charge in [0.2, 0.25) is 0 Å². The molecule has 0 bridgehead atoms. The highest BCUT2D eigenvalue weighted by Crippen LogP contribution is 2.45. The van der Waals surface area contributed by atoms with Crippen LogP contribution in [0.5, 0.6) is 11.5 Å². The zero-order valence-electron chi connectivity index (χ0n) is 25.7. The molecule has 2 N–H and O–H groups in total. The van der Waals surface area contributed by atoms with Crippen molar-refractivity contribution in [2.24, 2.45) is 5.41 Å². The van der Waals surface area contributed by atoms with Crippen LogP contribution in [0.1, 0.15) is 130 Å². The van der Waals surface area contributed by atoms with Crippen LogP contribution >= 0.6 is 0 Å². The number of benzene rings is 2. The molecule has 0 radical (unpaired) electrons. The zero-order valence-corrected chi connectivity index (χ0v) is 25.7. The molecule has 0 heterocycles. The molecule has 35 heavy (non-hydrogen) atoms. The van der Waals surface area contributed by atoms with E-state index in [4.69, 9.17) is 0 Å². The van der Waals surface area contributed by atoms with Crippen LogP contribution in [0, 0.1) is 19.3 Å². The smallest absolute Gasteiger partial charge is 0.119 e. The SMILES string of the molecule is Cc1cc(O)c(C(C)(C)C)cc1C(C)(C)C.Cc1cc(O)c(C(C)(C)C)cc1C(C)(C)C(C)(C)C. The predicted octanol–water partition coefficient (Wildman–Crippen LogP) is 9.62. The number of phenols is 2. The van der Waals surface area contributed by atoms with Gasteiger partial charge in [-0.15, -0.1) is 0 Å². The van der Waals surface area contributed by atoms with Gasteiger partial charge in [0.25, 0.3) is 0 Å². The van der Waals surface area contributed by atoms with Gasteiger partial charge in [0.1, 0.15) is 11.5 Å². The van der Waals surface area contributed by atoms with Crippen molar-refractivity contribution in [1.29, 1.82) is 0 Å². The van der Waals surface area contributed by atoms with Gasteiger partial charge in [-0.05, 0) is 86.4 Å². The Hall–Kier alpha value is -1.96. The lowest BCUT2D eigenvalue weighted by Crippen LogP contribution is -2.35. The van der Waals surface area contributed by atoms with Crippen molar-refractivity contribution in [2.45, 2.75) is 132 Å². The van der Waals surface area contributed by atoms with Crippen LogP contribution in [0.4, 0.5) is 0 Å². The van der Waals surface area contributed by atoms with E-state index in [0.29, 0.717) is 11.5 Å². The summed E-state index contributed by atoms with van der Waals surface area (Å²) in [5.74, 6) is 0.830. The fraction of sp³-hybridized carbons (Fsp3) is 0.636. The molecule has 0 aliphatic rings. The van der Waals surface area contributed by atoms with Gasteiger partial charge in [-0.25, -0.2) is 0 Å². The standard InChI is InChI=1S/C18H30O.C15H24O/c1-12-10-15(19)14(16(2,3)4)11-13(12)18(8,9)17(5,6)7;1-10-8-13(16)12(15(5,6)7)9-11(10)14(2,3)4/h10-11,19H,1-9H3;8-9,16H,1-7H3. The first-order valence-electron chi connectivity index (χ1n) is 13.0. The normalized spacial score (nSPS) is 13.4.